The summed E-state index contributed by atoms with van der Waals surface area (Å²) >= 11 is 11.5. The summed E-state index contributed by atoms with van der Waals surface area (Å²) in [4.78, 5) is 0. The SMILES string of the molecule is Cl/C=C/C1CCC(CCc2ccc(Cl)cc2)CC1. The van der Waals surface area contributed by atoms with Crippen molar-refractivity contribution in [3.8, 4) is 0 Å². The minimum atomic E-state index is 0.717. The van der Waals surface area contributed by atoms with Crippen molar-refractivity contribution in [1.82, 2.24) is 0 Å². The lowest BCUT2D eigenvalue weighted by atomic mass is 9.79. The molecule has 0 unspecified atom stereocenters. The van der Waals surface area contributed by atoms with E-state index >= 15 is 0 Å². The lowest BCUT2D eigenvalue weighted by molar-refractivity contribution is 0.296. The monoisotopic (exact) mass is 282 g/mol. The molecule has 1 saturated carbocycles. The van der Waals surface area contributed by atoms with Crippen molar-refractivity contribution in [3.63, 3.8) is 0 Å². The molecule has 0 radical (unpaired) electrons. The number of hydrogen-bond donors (Lipinski definition) is 0. The summed E-state index contributed by atoms with van der Waals surface area (Å²) in [5, 5.41) is 0.826. The van der Waals surface area contributed by atoms with Crippen LogP contribution in [-0.2, 0) is 6.42 Å². The Morgan fingerprint density at radius 3 is 2.33 bits per heavy atom. The van der Waals surface area contributed by atoms with Crippen molar-refractivity contribution in [1.29, 1.82) is 0 Å². The molecule has 1 fully saturated rings. The van der Waals surface area contributed by atoms with Crippen LogP contribution >= 0.6 is 23.2 Å². The molecule has 1 aliphatic rings. The number of hydrogen-bond acceptors (Lipinski definition) is 0. The number of aryl methyl sites for hydroxylation is 1. The Hall–Kier alpha value is -0.460. The Kier molecular flexibility index (Phi) is 5.59. The third kappa shape index (κ3) is 4.33. The van der Waals surface area contributed by atoms with Crippen LogP contribution in [0, 0.1) is 11.8 Å². The molecule has 1 aromatic rings. The largest absolute Gasteiger partial charge is 0.0933 e. The van der Waals surface area contributed by atoms with E-state index in [9.17, 15) is 0 Å². The van der Waals surface area contributed by atoms with Crippen molar-refractivity contribution >= 4 is 23.2 Å². The fraction of sp³-hybridized carbons (Fsp3) is 0.500. The summed E-state index contributed by atoms with van der Waals surface area (Å²) in [6.07, 6.45) is 9.93. The smallest absolute Gasteiger partial charge is 0.0406 e. The quantitative estimate of drug-likeness (QED) is 0.652. The average molecular weight is 283 g/mol. The second kappa shape index (κ2) is 7.21. The van der Waals surface area contributed by atoms with Gasteiger partial charge >= 0.3 is 0 Å². The van der Waals surface area contributed by atoms with Crippen molar-refractivity contribution in [2.24, 2.45) is 11.8 Å². The van der Waals surface area contributed by atoms with Gasteiger partial charge in [0.1, 0.15) is 0 Å². The molecule has 0 spiro atoms. The van der Waals surface area contributed by atoms with E-state index in [4.69, 9.17) is 23.2 Å². The average Bonchev–Trinajstić information content (AvgIpc) is 2.40. The predicted molar refractivity (Wildman–Crippen MR) is 80.2 cm³/mol. The van der Waals surface area contributed by atoms with Crippen LogP contribution < -0.4 is 0 Å². The zero-order valence-corrected chi connectivity index (χ0v) is 12.1. The summed E-state index contributed by atoms with van der Waals surface area (Å²) in [6.45, 7) is 0. The van der Waals surface area contributed by atoms with Gasteiger partial charge in [-0.1, -0.05) is 41.4 Å². The van der Waals surface area contributed by atoms with Gasteiger partial charge in [0.2, 0.25) is 0 Å². The van der Waals surface area contributed by atoms with Gasteiger partial charge in [0.25, 0.3) is 0 Å². The molecule has 0 nitrogen and oxygen atoms in total. The second-order valence-corrected chi connectivity index (χ2v) is 5.95. The van der Waals surface area contributed by atoms with E-state index in [0.29, 0.717) is 5.92 Å². The van der Waals surface area contributed by atoms with Crippen LogP contribution in [0.15, 0.2) is 35.9 Å². The first-order chi connectivity index (χ1) is 8.78. The first-order valence-corrected chi connectivity index (χ1v) is 7.60. The van der Waals surface area contributed by atoms with E-state index in [2.05, 4.69) is 18.2 Å². The lowest BCUT2D eigenvalue weighted by Crippen LogP contribution is -2.13. The Morgan fingerprint density at radius 1 is 1.06 bits per heavy atom. The number of benzene rings is 1. The summed E-state index contributed by atoms with van der Waals surface area (Å²) in [5.41, 5.74) is 3.08. The minimum absolute atomic E-state index is 0.717. The third-order valence-corrected chi connectivity index (χ3v) is 4.39. The van der Waals surface area contributed by atoms with Gasteiger partial charge in [0, 0.05) is 10.6 Å². The van der Waals surface area contributed by atoms with Crippen LogP contribution in [0.25, 0.3) is 0 Å². The van der Waals surface area contributed by atoms with Crippen LogP contribution in [0.2, 0.25) is 5.02 Å². The van der Waals surface area contributed by atoms with E-state index < -0.39 is 0 Å². The normalized spacial score (nSPS) is 24.6. The molecule has 2 rings (SSSR count). The van der Waals surface area contributed by atoms with Crippen LogP contribution in [-0.4, -0.2) is 0 Å². The molecule has 0 saturated heterocycles. The van der Waals surface area contributed by atoms with Crippen molar-refractivity contribution < 1.29 is 0 Å². The molecule has 2 heteroatoms. The Labute approximate surface area is 120 Å². The topological polar surface area (TPSA) is 0 Å². The highest BCUT2D eigenvalue weighted by Crippen LogP contribution is 2.32. The van der Waals surface area contributed by atoms with E-state index in [0.717, 1.165) is 10.9 Å². The molecular weight excluding hydrogens is 263 g/mol. The molecule has 0 amide bonds. The zero-order valence-electron chi connectivity index (χ0n) is 10.6. The first-order valence-electron chi connectivity index (χ1n) is 6.79. The first kappa shape index (κ1) is 14.0. The van der Waals surface area contributed by atoms with Gasteiger partial charge in [0.05, 0.1) is 0 Å². The van der Waals surface area contributed by atoms with Gasteiger partial charge in [-0.25, -0.2) is 0 Å². The van der Waals surface area contributed by atoms with E-state index in [1.54, 1.807) is 5.54 Å². The number of rotatable bonds is 4. The third-order valence-electron chi connectivity index (χ3n) is 3.99. The van der Waals surface area contributed by atoms with Gasteiger partial charge in [-0.15, -0.1) is 0 Å². The molecule has 18 heavy (non-hydrogen) atoms. The number of allylic oxidation sites excluding steroid dienone is 1. The highest BCUT2D eigenvalue weighted by molar-refractivity contribution is 6.30. The molecular formula is C16H20Cl2. The van der Waals surface area contributed by atoms with Crippen LogP contribution in [0.1, 0.15) is 37.7 Å². The van der Waals surface area contributed by atoms with Gasteiger partial charge < -0.3 is 0 Å². The van der Waals surface area contributed by atoms with Crippen molar-refractivity contribution in [2.75, 3.05) is 0 Å². The highest BCUT2D eigenvalue weighted by Gasteiger charge is 2.19. The van der Waals surface area contributed by atoms with Gasteiger partial charge in [0.15, 0.2) is 0 Å². The molecule has 1 aromatic carbocycles. The van der Waals surface area contributed by atoms with Crippen LogP contribution in [0.5, 0.6) is 0 Å². The molecule has 0 heterocycles. The highest BCUT2D eigenvalue weighted by atomic mass is 35.5. The predicted octanol–water partition coefficient (Wildman–Crippen LogP) is 5.83. The Bertz CT molecular complexity index is 373. The Balaban J connectivity index is 1.73. The van der Waals surface area contributed by atoms with Crippen molar-refractivity contribution in [3.05, 3.63) is 46.5 Å². The van der Waals surface area contributed by atoms with E-state index in [1.807, 2.05) is 12.1 Å². The van der Waals surface area contributed by atoms with E-state index in [-0.39, 0.29) is 0 Å². The molecule has 1 aliphatic carbocycles. The standard InChI is InChI=1S/C16H20Cl2/c17-12-11-15-5-3-13(4-6-15)1-2-14-7-9-16(18)10-8-14/h7-13,15H,1-6H2/b12-11+. The van der Waals surface area contributed by atoms with Crippen molar-refractivity contribution in [2.45, 2.75) is 38.5 Å². The maximum absolute atomic E-state index is 5.89. The molecule has 0 N–H and O–H groups in total. The lowest BCUT2D eigenvalue weighted by Gasteiger charge is -2.26. The molecule has 98 valence electrons. The summed E-state index contributed by atoms with van der Waals surface area (Å²) in [6, 6.07) is 8.26. The second-order valence-electron chi connectivity index (χ2n) is 5.26. The molecule has 0 aromatic heterocycles. The Morgan fingerprint density at radius 2 is 1.72 bits per heavy atom. The summed E-state index contributed by atoms with van der Waals surface area (Å²) in [5.74, 6) is 1.61. The number of halogens is 2. The fourth-order valence-corrected chi connectivity index (χ4v) is 3.13. The molecule has 0 bridgehead atoms. The van der Waals surface area contributed by atoms with E-state index in [1.165, 1.54) is 44.1 Å². The van der Waals surface area contributed by atoms with Crippen LogP contribution in [0.3, 0.4) is 0 Å². The molecule has 0 atom stereocenters. The summed E-state index contributed by atoms with van der Waals surface area (Å²) in [7, 11) is 0. The van der Waals surface area contributed by atoms with Gasteiger partial charge in [-0.05, 0) is 68.1 Å². The minimum Gasteiger partial charge on any atom is -0.0933 e. The maximum Gasteiger partial charge on any atom is 0.0406 e. The zero-order chi connectivity index (χ0) is 12.8. The molecule has 0 aliphatic heterocycles. The fourth-order valence-electron chi connectivity index (χ4n) is 2.79. The van der Waals surface area contributed by atoms with Crippen LogP contribution in [0.4, 0.5) is 0 Å². The summed E-state index contributed by atoms with van der Waals surface area (Å²) < 4.78 is 0. The van der Waals surface area contributed by atoms with Gasteiger partial charge in [-0.3, -0.25) is 0 Å². The maximum atomic E-state index is 5.89. The van der Waals surface area contributed by atoms with Gasteiger partial charge in [-0.2, -0.15) is 0 Å².